The fraction of sp³-hybridized carbons (Fsp3) is 0.310. The Morgan fingerprint density at radius 2 is 1.68 bits per heavy atom. The standard InChI is InChI=1S/C29H33N3O2/c1-4-27(24-10-6-5-7-11-24)28(33)30-25-12-8-13-26(19-25)32-15-9-14-31(29(32)34)20-23-17-21(2)16-22(3)18-23/h5-8,10-13,16-19,27H,4,9,14-15,20H2,1-3H3,(H,30,33)/t27-/m1/s1. The van der Waals surface area contributed by atoms with Crippen molar-refractivity contribution in [2.75, 3.05) is 23.3 Å². The van der Waals surface area contributed by atoms with E-state index in [-0.39, 0.29) is 17.9 Å². The summed E-state index contributed by atoms with van der Waals surface area (Å²) >= 11 is 0. The van der Waals surface area contributed by atoms with Gasteiger partial charge in [-0.05, 0) is 56.0 Å². The number of hydrogen-bond acceptors (Lipinski definition) is 2. The molecule has 1 atom stereocenters. The van der Waals surface area contributed by atoms with Gasteiger partial charge in [-0.1, -0.05) is 72.6 Å². The fourth-order valence-electron chi connectivity index (χ4n) is 4.79. The van der Waals surface area contributed by atoms with E-state index >= 15 is 0 Å². The molecule has 0 spiro atoms. The van der Waals surface area contributed by atoms with Crippen molar-refractivity contribution in [1.82, 2.24) is 4.90 Å². The minimum absolute atomic E-state index is 0.00426. The summed E-state index contributed by atoms with van der Waals surface area (Å²) in [5, 5.41) is 3.06. The number of aryl methyl sites for hydroxylation is 2. The number of amides is 3. The van der Waals surface area contributed by atoms with Crippen LogP contribution in [0.25, 0.3) is 0 Å². The highest BCUT2D eigenvalue weighted by Crippen LogP contribution is 2.26. The summed E-state index contributed by atoms with van der Waals surface area (Å²) in [6.45, 7) is 8.20. The maximum absolute atomic E-state index is 13.3. The zero-order valence-corrected chi connectivity index (χ0v) is 20.3. The van der Waals surface area contributed by atoms with E-state index in [2.05, 4.69) is 37.4 Å². The topological polar surface area (TPSA) is 52.7 Å². The van der Waals surface area contributed by atoms with Crippen LogP contribution in [0.15, 0.2) is 72.8 Å². The summed E-state index contributed by atoms with van der Waals surface area (Å²) in [5.41, 5.74) is 6.09. The molecule has 0 unspecified atom stereocenters. The van der Waals surface area contributed by atoms with Crippen molar-refractivity contribution in [3.63, 3.8) is 0 Å². The van der Waals surface area contributed by atoms with Crippen molar-refractivity contribution >= 4 is 23.3 Å². The molecule has 5 nitrogen and oxygen atoms in total. The van der Waals surface area contributed by atoms with E-state index in [1.165, 1.54) is 11.1 Å². The first-order valence-electron chi connectivity index (χ1n) is 12.0. The van der Waals surface area contributed by atoms with Crippen molar-refractivity contribution in [2.45, 2.75) is 46.1 Å². The molecule has 1 N–H and O–H groups in total. The van der Waals surface area contributed by atoms with E-state index in [9.17, 15) is 9.59 Å². The third kappa shape index (κ3) is 5.48. The van der Waals surface area contributed by atoms with Gasteiger partial charge in [0.05, 0.1) is 5.92 Å². The molecule has 176 valence electrons. The van der Waals surface area contributed by atoms with Gasteiger partial charge < -0.3 is 10.2 Å². The van der Waals surface area contributed by atoms with Crippen LogP contribution < -0.4 is 10.2 Å². The van der Waals surface area contributed by atoms with Crippen molar-refractivity contribution in [1.29, 1.82) is 0 Å². The summed E-state index contributed by atoms with van der Waals surface area (Å²) in [6.07, 6.45) is 1.62. The first-order chi connectivity index (χ1) is 16.4. The zero-order chi connectivity index (χ0) is 24.1. The van der Waals surface area contributed by atoms with Crippen LogP contribution in [0, 0.1) is 13.8 Å². The number of anilines is 2. The van der Waals surface area contributed by atoms with Gasteiger partial charge in [-0.25, -0.2) is 4.79 Å². The molecule has 3 aromatic rings. The van der Waals surface area contributed by atoms with Crippen LogP contribution in [-0.4, -0.2) is 29.9 Å². The predicted octanol–water partition coefficient (Wildman–Crippen LogP) is 6.27. The van der Waals surface area contributed by atoms with Gasteiger partial charge in [0, 0.05) is 31.0 Å². The molecule has 3 amide bonds. The minimum atomic E-state index is -0.213. The highest BCUT2D eigenvalue weighted by Gasteiger charge is 2.27. The summed E-state index contributed by atoms with van der Waals surface area (Å²) in [4.78, 5) is 30.1. The molecule has 0 saturated carbocycles. The Balaban J connectivity index is 1.48. The number of nitrogens with one attached hydrogen (secondary N) is 1. The number of urea groups is 1. The van der Waals surface area contributed by atoms with Crippen molar-refractivity contribution in [2.24, 2.45) is 0 Å². The van der Waals surface area contributed by atoms with Gasteiger partial charge in [-0.15, -0.1) is 0 Å². The van der Waals surface area contributed by atoms with Crippen LogP contribution >= 0.6 is 0 Å². The number of rotatable bonds is 7. The van der Waals surface area contributed by atoms with Crippen LogP contribution in [0.4, 0.5) is 16.2 Å². The molecule has 1 heterocycles. The largest absolute Gasteiger partial charge is 0.325 e. The Bertz CT molecular complexity index is 1140. The van der Waals surface area contributed by atoms with Crippen LogP contribution in [0.5, 0.6) is 0 Å². The lowest BCUT2D eigenvalue weighted by Gasteiger charge is -2.36. The van der Waals surface area contributed by atoms with Crippen molar-refractivity contribution in [3.05, 3.63) is 95.1 Å². The SMILES string of the molecule is CC[C@@H](C(=O)Nc1cccc(N2CCCN(Cc3cc(C)cc(C)c3)C2=O)c1)c1ccccc1. The van der Waals surface area contributed by atoms with E-state index in [4.69, 9.17) is 0 Å². The van der Waals surface area contributed by atoms with E-state index < -0.39 is 0 Å². The average molecular weight is 456 g/mol. The molecular weight excluding hydrogens is 422 g/mol. The second-order valence-corrected chi connectivity index (χ2v) is 9.12. The quantitative estimate of drug-likeness (QED) is 0.457. The maximum Gasteiger partial charge on any atom is 0.324 e. The highest BCUT2D eigenvalue weighted by atomic mass is 16.2. The van der Waals surface area contributed by atoms with Crippen LogP contribution in [0.1, 0.15) is 47.9 Å². The molecule has 0 aromatic heterocycles. The summed E-state index contributed by atoms with van der Waals surface area (Å²) in [6, 6.07) is 23.9. The third-order valence-corrected chi connectivity index (χ3v) is 6.32. The Labute approximate surface area is 202 Å². The molecule has 34 heavy (non-hydrogen) atoms. The summed E-state index contributed by atoms with van der Waals surface area (Å²) < 4.78 is 0. The van der Waals surface area contributed by atoms with E-state index in [1.807, 2.05) is 71.3 Å². The molecule has 1 aliphatic rings. The summed E-state index contributed by atoms with van der Waals surface area (Å²) in [5.74, 6) is -0.248. The van der Waals surface area contributed by atoms with E-state index in [0.29, 0.717) is 25.2 Å². The predicted molar refractivity (Wildman–Crippen MR) is 138 cm³/mol. The second-order valence-electron chi connectivity index (χ2n) is 9.12. The van der Waals surface area contributed by atoms with Gasteiger partial charge in [-0.2, -0.15) is 0 Å². The lowest BCUT2D eigenvalue weighted by Crippen LogP contribution is -2.49. The Morgan fingerprint density at radius 3 is 2.38 bits per heavy atom. The highest BCUT2D eigenvalue weighted by molar-refractivity contribution is 5.97. The molecule has 0 aliphatic carbocycles. The molecular formula is C29H33N3O2. The monoisotopic (exact) mass is 455 g/mol. The van der Waals surface area contributed by atoms with Crippen LogP contribution in [0.2, 0.25) is 0 Å². The molecule has 0 radical (unpaired) electrons. The van der Waals surface area contributed by atoms with Crippen LogP contribution in [-0.2, 0) is 11.3 Å². The van der Waals surface area contributed by atoms with Gasteiger partial charge in [0.25, 0.3) is 0 Å². The first-order valence-corrected chi connectivity index (χ1v) is 12.0. The second kappa shape index (κ2) is 10.6. The van der Waals surface area contributed by atoms with Gasteiger partial charge in [0.15, 0.2) is 0 Å². The smallest absolute Gasteiger partial charge is 0.324 e. The normalized spacial score (nSPS) is 14.7. The van der Waals surface area contributed by atoms with Crippen molar-refractivity contribution < 1.29 is 9.59 Å². The van der Waals surface area contributed by atoms with E-state index in [0.717, 1.165) is 29.8 Å². The first kappa shape index (κ1) is 23.6. The number of carbonyl (C=O) groups excluding carboxylic acids is 2. The van der Waals surface area contributed by atoms with Gasteiger partial charge in [-0.3, -0.25) is 9.69 Å². The molecule has 1 aliphatic heterocycles. The van der Waals surface area contributed by atoms with Gasteiger partial charge in [0.1, 0.15) is 0 Å². The Hall–Kier alpha value is -3.60. The van der Waals surface area contributed by atoms with E-state index in [1.54, 1.807) is 0 Å². The van der Waals surface area contributed by atoms with Crippen LogP contribution in [0.3, 0.4) is 0 Å². The minimum Gasteiger partial charge on any atom is -0.325 e. The zero-order valence-electron chi connectivity index (χ0n) is 20.3. The number of carbonyl (C=O) groups is 2. The van der Waals surface area contributed by atoms with Gasteiger partial charge in [0.2, 0.25) is 5.91 Å². The molecule has 0 bridgehead atoms. The average Bonchev–Trinajstić information content (AvgIpc) is 2.81. The Kier molecular flexibility index (Phi) is 7.31. The lowest BCUT2D eigenvalue weighted by molar-refractivity contribution is -0.117. The summed E-state index contributed by atoms with van der Waals surface area (Å²) in [7, 11) is 0. The van der Waals surface area contributed by atoms with Gasteiger partial charge >= 0.3 is 6.03 Å². The number of nitrogens with zero attached hydrogens (tertiary/aromatic N) is 2. The molecule has 5 heteroatoms. The molecule has 1 fully saturated rings. The molecule has 3 aromatic carbocycles. The molecule has 4 rings (SSSR count). The number of hydrogen-bond donors (Lipinski definition) is 1. The molecule has 1 saturated heterocycles. The maximum atomic E-state index is 13.3. The fourth-order valence-corrected chi connectivity index (χ4v) is 4.79. The lowest BCUT2D eigenvalue weighted by atomic mass is 9.95. The van der Waals surface area contributed by atoms with Crippen molar-refractivity contribution in [3.8, 4) is 0 Å². The third-order valence-electron chi connectivity index (χ3n) is 6.32. The Morgan fingerprint density at radius 1 is 0.941 bits per heavy atom. The number of benzene rings is 3.